The summed E-state index contributed by atoms with van der Waals surface area (Å²) in [6.07, 6.45) is 7.09. The number of terminal acetylenes is 1. The highest BCUT2D eigenvalue weighted by atomic mass is 16.5. The number of carbonyl (C=O) groups excluding carboxylic acids is 2. The normalized spacial score (nSPS) is 9.52. The summed E-state index contributed by atoms with van der Waals surface area (Å²) in [6, 6.07) is 13.0. The van der Waals surface area contributed by atoms with Gasteiger partial charge in [-0.1, -0.05) is 18.6 Å². The van der Waals surface area contributed by atoms with Crippen molar-refractivity contribution in [2.75, 3.05) is 7.05 Å². The SMILES string of the molecule is C#COc1ccc(C(=O)c2ccc(C(=O)NC)cc2)cc1. The van der Waals surface area contributed by atoms with E-state index in [1.807, 2.05) is 0 Å². The fourth-order valence-corrected chi connectivity index (χ4v) is 1.83. The topological polar surface area (TPSA) is 55.4 Å². The predicted molar refractivity (Wildman–Crippen MR) is 79.2 cm³/mol. The number of hydrogen-bond acceptors (Lipinski definition) is 3. The summed E-state index contributed by atoms with van der Waals surface area (Å²) < 4.78 is 4.87. The van der Waals surface area contributed by atoms with Gasteiger partial charge in [0.1, 0.15) is 11.9 Å². The van der Waals surface area contributed by atoms with Gasteiger partial charge in [-0.15, -0.1) is 0 Å². The monoisotopic (exact) mass is 279 g/mol. The molecule has 4 nitrogen and oxygen atoms in total. The molecule has 0 aromatic heterocycles. The maximum absolute atomic E-state index is 12.3. The molecule has 0 fully saturated rings. The van der Waals surface area contributed by atoms with Gasteiger partial charge in [-0.05, 0) is 36.4 Å². The molecule has 0 atom stereocenters. The molecule has 0 saturated carbocycles. The lowest BCUT2D eigenvalue weighted by molar-refractivity contribution is 0.0961. The van der Waals surface area contributed by atoms with Crippen molar-refractivity contribution in [2.45, 2.75) is 0 Å². The average Bonchev–Trinajstić information content (AvgIpc) is 2.54. The fourth-order valence-electron chi connectivity index (χ4n) is 1.83. The van der Waals surface area contributed by atoms with Crippen molar-refractivity contribution in [1.29, 1.82) is 0 Å². The molecule has 0 heterocycles. The second-order valence-electron chi connectivity index (χ2n) is 4.23. The van der Waals surface area contributed by atoms with E-state index < -0.39 is 0 Å². The molecule has 0 bridgehead atoms. The van der Waals surface area contributed by atoms with Crippen LogP contribution in [-0.4, -0.2) is 18.7 Å². The largest absolute Gasteiger partial charge is 0.408 e. The predicted octanol–water partition coefficient (Wildman–Crippen LogP) is 2.25. The van der Waals surface area contributed by atoms with E-state index in [1.54, 1.807) is 55.6 Å². The Bertz CT molecular complexity index is 694. The van der Waals surface area contributed by atoms with Crippen LogP contribution in [0.3, 0.4) is 0 Å². The summed E-state index contributed by atoms with van der Waals surface area (Å²) in [7, 11) is 1.56. The van der Waals surface area contributed by atoms with Gasteiger partial charge in [0.05, 0.1) is 0 Å². The first-order valence-electron chi connectivity index (χ1n) is 6.25. The van der Waals surface area contributed by atoms with Crippen molar-refractivity contribution < 1.29 is 14.3 Å². The van der Waals surface area contributed by atoms with Crippen molar-refractivity contribution in [3.8, 4) is 18.3 Å². The standard InChI is InChI=1S/C17H13NO3/c1-3-21-15-10-8-13(9-11-15)16(19)12-4-6-14(7-5-12)17(20)18-2/h1,4-11H,2H3,(H,18,20). The van der Waals surface area contributed by atoms with E-state index in [2.05, 4.69) is 11.4 Å². The van der Waals surface area contributed by atoms with Crippen LogP contribution in [0, 0.1) is 12.5 Å². The molecule has 4 heteroatoms. The van der Waals surface area contributed by atoms with Gasteiger partial charge in [0.2, 0.25) is 0 Å². The van der Waals surface area contributed by atoms with Crippen molar-refractivity contribution in [1.82, 2.24) is 5.32 Å². The minimum Gasteiger partial charge on any atom is -0.408 e. The van der Waals surface area contributed by atoms with Crippen LogP contribution in [0.25, 0.3) is 0 Å². The Morgan fingerprint density at radius 1 is 0.952 bits per heavy atom. The molecular formula is C17H13NO3. The first kappa shape index (κ1) is 14.4. The van der Waals surface area contributed by atoms with E-state index in [1.165, 1.54) is 0 Å². The third kappa shape index (κ3) is 3.28. The number of rotatable bonds is 4. The highest BCUT2D eigenvalue weighted by Gasteiger charge is 2.10. The first-order valence-corrected chi connectivity index (χ1v) is 6.25. The quantitative estimate of drug-likeness (QED) is 0.690. The molecule has 1 N–H and O–H groups in total. The molecule has 2 aromatic carbocycles. The second-order valence-corrected chi connectivity index (χ2v) is 4.23. The molecule has 0 aliphatic carbocycles. The molecule has 0 aliphatic rings. The van der Waals surface area contributed by atoms with Crippen molar-refractivity contribution in [3.05, 3.63) is 65.2 Å². The van der Waals surface area contributed by atoms with Gasteiger partial charge in [-0.3, -0.25) is 9.59 Å². The van der Waals surface area contributed by atoms with Gasteiger partial charge in [0.25, 0.3) is 5.91 Å². The molecular weight excluding hydrogens is 266 g/mol. The Kier molecular flexibility index (Phi) is 4.37. The zero-order valence-corrected chi connectivity index (χ0v) is 11.4. The Balaban J connectivity index is 2.20. The second kappa shape index (κ2) is 6.40. The summed E-state index contributed by atoms with van der Waals surface area (Å²) in [5.41, 5.74) is 1.53. The highest BCUT2D eigenvalue weighted by Crippen LogP contribution is 2.16. The summed E-state index contributed by atoms with van der Waals surface area (Å²) in [4.78, 5) is 23.7. The van der Waals surface area contributed by atoms with Gasteiger partial charge >= 0.3 is 0 Å². The van der Waals surface area contributed by atoms with E-state index in [4.69, 9.17) is 11.2 Å². The van der Waals surface area contributed by atoms with Crippen LogP contribution in [0.1, 0.15) is 26.3 Å². The van der Waals surface area contributed by atoms with Crippen LogP contribution in [0.2, 0.25) is 0 Å². The third-order valence-electron chi connectivity index (χ3n) is 2.93. The zero-order chi connectivity index (χ0) is 15.2. The Labute approximate surface area is 122 Å². The van der Waals surface area contributed by atoms with Crippen LogP contribution in [-0.2, 0) is 0 Å². The van der Waals surface area contributed by atoms with Gasteiger partial charge in [0.15, 0.2) is 5.78 Å². The van der Waals surface area contributed by atoms with E-state index in [0.717, 1.165) is 0 Å². The number of ketones is 1. The molecule has 1 amide bonds. The summed E-state index contributed by atoms with van der Waals surface area (Å²) in [6.45, 7) is 0. The Hall–Kier alpha value is -3.06. The molecule has 0 aliphatic heterocycles. The maximum Gasteiger partial charge on any atom is 0.251 e. The summed E-state index contributed by atoms with van der Waals surface area (Å²) >= 11 is 0. The molecule has 2 rings (SSSR count). The highest BCUT2D eigenvalue weighted by molar-refractivity contribution is 6.09. The molecule has 0 saturated heterocycles. The van der Waals surface area contributed by atoms with Crippen LogP contribution >= 0.6 is 0 Å². The average molecular weight is 279 g/mol. The van der Waals surface area contributed by atoms with Gasteiger partial charge in [-0.2, -0.15) is 0 Å². The van der Waals surface area contributed by atoms with Crippen LogP contribution in [0.5, 0.6) is 5.75 Å². The third-order valence-corrected chi connectivity index (χ3v) is 2.93. The molecule has 0 radical (unpaired) electrons. The van der Waals surface area contributed by atoms with Crippen LogP contribution in [0.4, 0.5) is 0 Å². The van der Waals surface area contributed by atoms with Crippen molar-refractivity contribution >= 4 is 11.7 Å². The van der Waals surface area contributed by atoms with Crippen LogP contribution in [0.15, 0.2) is 48.5 Å². The lowest BCUT2D eigenvalue weighted by atomic mass is 10.0. The van der Waals surface area contributed by atoms with Crippen molar-refractivity contribution in [3.63, 3.8) is 0 Å². The summed E-state index contributed by atoms with van der Waals surface area (Å²) in [5, 5.41) is 2.53. The van der Waals surface area contributed by atoms with Gasteiger partial charge in [0, 0.05) is 23.7 Å². The smallest absolute Gasteiger partial charge is 0.251 e. The zero-order valence-electron chi connectivity index (χ0n) is 11.4. The molecule has 2 aromatic rings. The minimum absolute atomic E-state index is 0.134. The Morgan fingerprint density at radius 2 is 1.43 bits per heavy atom. The van der Waals surface area contributed by atoms with Crippen molar-refractivity contribution in [2.24, 2.45) is 0 Å². The molecule has 0 spiro atoms. The minimum atomic E-state index is -0.190. The number of nitrogens with one attached hydrogen (secondary N) is 1. The van der Waals surface area contributed by atoms with E-state index in [9.17, 15) is 9.59 Å². The number of ether oxygens (including phenoxy) is 1. The lowest BCUT2D eigenvalue weighted by Gasteiger charge is -2.04. The van der Waals surface area contributed by atoms with Gasteiger partial charge < -0.3 is 10.1 Å². The molecule has 21 heavy (non-hydrogen) atoms. The van der Waals surface area contributed by atoms with Gasteiger partial charge in [-0.25, -0.2) is 0 Å². The number of hydrogen-bond donors (Lipinski definition) is 1. The Morgan fingerprint density at radius 3 is 1.90 bits per heavy atom. The summed E-state index contributed by atoms with van der Waals surface area (Å²) in [5.74, 6) is 0.180. The van der Waals surface area contributed by atoms with E-state index >= 15 is 0 Å². The number of amides is 1. The van der Waals surface area contributed by atoms with E-state index in [-0.39, 0.29) is 11.7 Å². The maximum atomic E-state index is 12.3. The van der Waals surface area contributed by atoms with E-state index in [0.29, 0.717) is 22.4 Å². The number of carbonyl (C=O) groups is 2. The first-order chi connectivity index (χ1) is 10.2. The number of benzene rings is 2. The fraction of sp³-hybridized carbons (Fsp3) is 0.0588. The molecule has 0 unspecified atom stereocenters. The molecule has 104 valence electrons. The van der Waals surface area contributed by atoms with Crippen LogP contribution < -0.4 is 10.1 Å². The lowest BCUT2D eigenvalue weighted by Crippen LogP contribution is -2.17.